The monoisotopic (exact) mass is 667 g/mol. The molecule has 4 N–H and O–H groups in total. The van der Waals surface area contributed by atoms with Crippen molar-refractivity contribution >= 4 is 75.6 Å². The van der Waals surface area contributed by atoms with Gasteiger partial charge >= 0.3 is 12.1 Å². The van der Waals surface area contributed by atoms with Crippen LogP contribution in [0.3, 0.4) is 0 Å². The zero-order valence-electron chi connectivity index (χ0n) is 23.4. The van der Waals surface area contributed by atoms with Gasteiger partial charge < -0.3 is 25.0 Å². The highest BCUT2D eigenvalue weighted by atomic mass is 35.6. The van der Waals surface area contributed by atoms with Crippen molar-refractivity contribution in [2.45, 2.75) is 67.5 Å². The summed E-state index contributed by atoms with van der Waals surface area (Å²) in [4.78, 5) is 66.9. The maximum absolute atomic E-state index is 13.5. The predicted molar refractivity (Wildman–Crippen MR) is 156 cm³/mol. The number of hydrogen-bond donors (Lipinski definition) is 4. The molecule has 0 radical (unpaired) electrons. The van der Waals surface area contributed by atoms with Crippen LogP contribution in [-0.4, -0.2) is 72.4 Å². The molecular weight excluding hydrogens is 637 g/mol. The van der Waals surface area contributed by atoms with E-state index in [1.807, 2.05) is 0 Å². The van der Waals surface area contributed by atoms with Crippen molar-refractivity contribution < 1.29 is 37.7 Å². The van der Waals surface area contributed by atoms with Crippen molar-refractivity contribution in [3.8, 4) is 0 Å². The van der Waals surface area contributed by atoms with Gasteiger partial charge in [-0.05, 0) is 38.8 Å². The van der Waals surface area contributed by atoms with Crippen LogP contribution in [0.4, 0.5) is 4.79 Å². The Bertz CT molecular complexity index is 1240. The number of benzene rings is 1. The Balaban J connectivity index is 2.39. The Hall–Kier alpha value is -2.91. The minimum atomic E-state index is -2.28. The first-order chi connectivity index (χ1) is 19.3. The second-order valence-electron chi connectivity index (χ2n) is 10.2. The Morgan fingerprint density at radius 2 is 1.69 bits per heavy atom. The van der Waals surface area contributed by atoms with E-state index >= 15 is 0 Å². The summed E-state index contributed by atoms with van der Waals surface area (Å²) in [6.45, 7) is 10.5. The molecule has 0 aromatic heterocycles. The van der Waals surface area contributed by atoms with E-state index < -0.39 is 80.3 Å². The number of esters is 1. The number of hydrazine groups is 1. The summed E-state index contributed by atoms with van der Waals surface area (Å²) >= 11 is 17.0. The SMILES string of the molecule is C=C(C)C(C(=O)OCC(Cl)(Cl)Cl)N1C(=O)C(NC(=O)C(NC(=O)OC(C)(C)C)c2ccccc2)C1S(=O)NNC(C)=O. The van der Waals surface area contributed by atoms with Crippen molar-refractivity contribution in [3.05, 3.63) is 48.0 Å². The largest absolute Gasteiger partial charge is 0.459 e. The number of halogens is 3. The number of ether oxygens (including phenoxy) is 2. The van der Waals surface area contributed by atoms with Gasteiger partial charge in [-0.1, -0.05) is 71.7 Å². The van der Waals surface area contributed by atoms with Crippen LogP contribution < -0.4 is 20.9 Å². The average molecular weight is 669 g/mol. The second kappa shape index (κ2) is 14.5. The molecule has 1 heterocycles. The van der Waals surface area contributed by atoms with E-state index in [1.165, 1.54) is 6.92 Å². The van der Waals surface area contributed by atoms with Crippen molar-refractivity contribution in [2.75, 3.05) is 6.61 Å². The van der Waals surface area contributed by atoms with Gasteiger partial charge in [-0.15, -0.1) is 4.83 Å². The predicted octanol–water partition coefficient (Wildman–Crippen LogP) is 2.07. The van der Waals surface area contributed by atoms with Crippen LogP contribution in [-0.2, 0) is 39.6 Å². The third-order valence-corrected chi connectivity index (χ3v) is 6.90. The summed E-state index contributed by atoms with van der Waals surface area (Å²) in [5.41, 5.74) is 1.73. The molecular formula is C25H32Cl3N5O8S. The highest BCUT2D eigenvalue weighted by Gasteiger charge is 2.57. The molecule has 4 amide bonds. The van der Waals surface area contributed by atoms with E-state index in [-0.39, 0.29) is 5.57 Å². The Kier molecular flexibility index (Phi) is 12.2. The molecule has 1 aliphatic rings. The van der Waals surface area contributed by atoms with Crippen LogP contribution in [0.2, 0.25) is 0 Å². The van der Waals surface area contributed by atoms with Crippen LogP contribution in [0, 0.1) is 0 Å². The zero-order valence-corrected chi connectivity index (χ0v) is 26.4. The highest BCUT2D eigenvalue weighted by molar-refractivity contribution is 7.83. The molecule has 0 spiro atoms. The minimum absolute atomic E-state index is 0.109. The second-order valence-corrected chi connectivity index (χ2v) is 14.0. The lowest BCUT2D eigenvalue weighted by Crippen LogP contribution is -2.77. The fourth-order valence-electron chi connectivity index (χ4n) is 3.69. The summed E-state index contributed by atoms with van der Waals surface area (Å²) in [6.07, 6.45) is -0.903. The van der Waals surface area contributed by atoms with Crippen molar-refractivity contribution in [1.29, 1.82) is 0 Å². The number of carbonyl (C=O) groups is 5. The standard InChI is InChI=1S/C25H32Cl3N5O8S/c1-13(2)18(22(37)40-12-25(26,27)28)33-20(36)17(21(33)42(39)32-31-14(3)34)29-19(35)16(15-10-8-7-9-11-15)30-23(38)41-24(4,5)6/h7-11,16-18,21,32H,1,12H2,2-6H3,(H,29,35)(H,30,38)(H,31,34). The molecule has 1 aromatic rings. The van der Waals surface area contributed by atoms with Crippen LogP contribution in [0.5, 0.6) is 0 Å². The van der Waals surface area contributed by atoms with Crippen LogP contribution in [0.1, 0.15) is 46.2 Å². The molecule has 5 atom stereocenters. The molecule has 1 fully saturated rings. The fraction of sp³-hybridized carbons (Fsp3) is 0.480. The van der Waals surface area contributed by atoms with E-state index in [2.05, 4.69) is 27.5 Å². The van der Waals surface area contributed by atoms with Gasteiger partial charge in [0.15, 0.2) is 11.4 Å². The van der Waals surface area contributed by atoms with E-state index in [4.69, 9.17) is 44.3 Å². The van der Waals surface area contributed by atoms with Gasteiger partial charge in [-0.25, -0.2) is 13.8 Å². The van der Waals surface area contributed by atoms with Gasteiger partial charge in [-0.2, -0.15) is 0 Å². The quantitative estimate of drug-likeness (QED) is 0.0913. The molecule has 13 nitrogen and oxygen atoms in total. The summed E-state index contributed by atoms with van der Waals surface area (Å²) in [6, 6.07) is 3.82. The Morgan fingerprint density at radius 1 is 1.10 bits per heavy atom. The average Bonchev–Trinajstić information content (AvgIpc) is 2.86. The molecule has 17 heteroatoms. The smallest absolute Gasteiger partial charge is 0.408 e. The van der Waals surface area contributed by atoms with Crippen molar-refractivity contribution in [3.63, 3.8) is 0 Å². The topological polar surface area (TPSA) is 172 Å². The summed E-state index contributed by atoms with van der Waals surface area (Å²) in [5, 5.41) is 3.53. The number of alkyl halides is 3. The molecule has 1 aliphatic heterocycles. The maximum atomic E-state index is 13.5. The number of nitrogens with zero attached hydrogens (tertiary/aromatic N) is 1. The molecule has 0 bridgehead atoms. The first-order valence-electron chi connectivity index (χ1n) is 12.3. The molecule has 2 rings (SSSR count). The third-order valence-electron chi connectivity index (χ3n) is 5.33. The zero-order chi connectivity index (χ0) is 32.0. The summed E-state index contributed by atoms with van der Waals surface area (Å²) in [7, 11) is -2.28. The first kappa shape index (κ1) is 35.3. The van der Waals surface area contributed by atoms with E-state index in [0.717, 1.165) is 11.8 Å². The van der Waals surface area contributed by atoms with Gasteiger partial charge in [0.05, 0.1) is 0 Å². The molecule has 232 valence electrons. The number of β-lactam (4-membered cyclic amide) rings is 1. The number of hydrogen-bond acceptors (Lipinski definition) is 8. The first-order valence-corrected chi connectivity index (χ1v) is 14.7. The number of carbonyl (C=O) groups excluding carboxylic acids is 5. The van der Waals surface area contributed by atoms with Gasteiger partial charge in [0.1, 0.15) is 35.3 Å². The molecule has 1 aromatic carbocycles. The number of likely N-dealkylation sites (tertiary alicyclic amines) is 1. The lowest BCUT2D eigenvalue weighted by atomic mass is 9.98. The third kappa shape index (κ3) is 10.1. The molecule has 42 heavy (non-hydrogen) atoms. The molecule has 5 unspecified atom stereocenters. The van der Waals surface area contributed by atoms with Gasteiger partial charge in [0, 0.05) is 6.92 Å². The number of nitrogens with one attached hydrogen (secondary N) is 4. The number of amides is 4. The molecule has 0 aliphatic carbocycles. The normalized spacial score (nSPS) is 19.0. The van der Waals surface area contributed by atoms with Gasteiger partial charge in [-0.3, -0.25) is 19.8 Å². The summed E-state index contributed by atoms with van der Waals surface area (Å²) < 4.78 is 21.6. The van der Waals surface area contributed by atoms with Gasteiger partial charge in [0.25, 0.3) is 0 Å². The molecule has 0 saturated carbocycles. The van der Waals surface area contributed by atoms with Crippen LogP contribution >= 0.6 is 34.8 Å². The Labute approximate surface area is 260 Å². The highest BCUT2D eigenvalue weighted by Crippen LogP contribution is 2.31. The Morgan fingerprint density at radius 3 is 2.19 bits per heavy atom. The maximum Gasteiger partial charge on any atom is 0.408 e. The lowest BCUT2D eigenvalue weighted by Gasteiger charge is -2.49. The number of rotatable bonds is 11. The van der Waals surface area contributed by atoms with Crippen molar-refractivity contribution in [2.24, 2.45) is 0 Å². The fourth-order valence-corrected chi connectivity index (χ4v) is 5.09. The van der Waals surface area contributed by atoms with E-state index in [0.29, 0.717) is 5.56 Å². The van der Waals surface area contributed by atoms with E-state index in [9.17, 15) is 28.2 Å². The summed E-state index contributed by atoms with van der Waals surface area (Å²) in [5.74, 6) is -3.33. The van der Waals surface area contributed by atoms with Gasteiger partial charge in [0.2, 0.25) is 21.5 Å². The minimum Gasteiger partial charge on any atom is -0.459 e. The van der Waals surface area contributed by atoms with Crippen LogP contribution in [0.15, 0.2) is 42.5 Å². The van der Waals surface area contributed by atoms with E-state index in [1.54, 1.807) is 51.1 Å². The number of alkyl carbamates (subject to hydrolysis) is 1. The molecule has 1 saturated heterocycles. The van der Waals surface area contributed by atoms with Crippen molar-refractivity contribution in [1.82, 2.24) is 25.8 Å². The lowest BCUT2D eigenvalue weighted by molar-refractivity contribution is -0.163. The van der Waals surface area contributed by atoms with Crippen LogP contribution in [0.25, 0.3) is 0 Å².